The van der Waals surface area contributed by atoms with E-state index >= 15 is 0 Å². The number of nitrogens with two attached hydrogens (primary N) is 1. The van der Waals surface area contributed by atoms with E-state index < -0.39 is 0 Å². The third-order valence-corrected chi connectivity index (χ3v) is 5.46. The molecule has 0 aliphatic rings. The largest absolute Gasteiger partial charge is 0.341 e. The van der Waals surface area contributed by atoms with Gasteiger partial charge in [0.2, 0.25) is 11.1 Å². The summed E-state index contributed by atoms with van der Waals surface area (Å²) in [6, 6.07) is 15.3. The normalized spacial score (nSPS) is 10.8. The predicted molar refractivity (Wildman–Crippen MR) is 109 cm³/mol. The van der Waals surface area contributed by atoms with Gasteiger partial charge >= 0.3 is 0 Å². The summed E-state index contributed by atoms with van der Waals surface area (Å²) in [5.74, 6) is 6.77. The van der Waals surface area contributed by atoms with Crippen molar-refractivity contribution in [3.63, 3.8) is 0 Å². The number of carbonyl (C=O) groups is 1. The van der Waals surface area contributed by atoms with Gasteiger partial charge in [0.1, 0.15) is 0 Å². The van der Waals surface area contributed by atoms with Crippen LogP contribution in [-0.2, 0) is 11.3 Å². The maximum atomic E-state index is 12.5. The molecule has 0 bridgehead atoms. The quantitative estimate of drug-likeness (QED) is 0.506. The number of nitrogens with zero attached hydrogens (tertiary/aromatic N) is 4. The number of benzene rings is 2. The van der Waals surface area contributed by atoms with E-state index in [-0.39, 0.29) is 11.7 Å². The summed E-state index contributed by atoms with van der Waals surface area (Å²) in [4.78, 5) is 14.2. The molecule has 140 valence electrons. The van der Waals surface area contributed by atoms with Crippen molar-refractivity contribution in [1.29, 1.82) is 0 Å². The van der Waals surface area contributed by atoms with Crippen molar-refractivity contribution in [3.8, 4) is 11.4 Å². The van der Waals surface area contributed by atoms with Crippen LogP contribution in [0.4, 0.5) is 0 Å². The zero-order valence-corrected chi connectivity index (χ0v) is 16.7. The van der Waals surface area contributed by atoms with Crippen molar-refractivity contribution in [2.24, 2.45) is 0 Å². The van der Waals surface area contributed by atoms with Crippen LogP contribution in [0.25, 0.3) is 11.4 Å². The van der Waals surface area contributed by atoms with E-state index in [4.69, 9.17) is 17.4 Å². The molecule has 8 heteroatoms. The molecule has 6 nitrogen and oxygen atoms in total. The molecule has 0 fully saturated rings. The van der Waals surface area contributed by atoms with Crippen LogP contribution in [0.3, 0.4) is 0 Å². The fraction of sp³-hybridized carbons (Fsp3) is 0.211. The minimum absolute atomic E-state index is 0.00875. The summed E-state index contributed by atoms with van der Waals surface area (Å²) in [5, 5.41) is 9.20. The maximum Gasteiger partial charge on any atom is 0.233 e. The Kier molecular flexibility index (Phi) is 6.03. The maximum absolute atomic E-state index is 12.5. The molecule has 0 saturated carbocycles. The van der Waals surface area contributed by atoms with Gasteiger partial charge in [-0.15, -0.1) is 10.2 Å². The van der Waals surface area contributed by atoms with Gasteiger partial charge in [-0.2, -0.15) is 0 Å². The van der Waals surface area contributed by atoms with Gasteiger partial charge in [-0.3, -0.25) is 4.79 Å². The number of thioether (sulfide) groups is 1. The van der Waals surface area contributed by atoms with Crippen molar-refractivity contribution in [3.05, 3.63) is 64.7 Å². The second-order valence-electron chi connectivity index (χ2n) is 6.12. The molecule has 1 aromatic heterocycles. The second-order valence-corrected chi connectivity index (χ2v) is 7.47. The average Bonchev–Trinajstić information content (AvgIpc) is 3.02. The standard InChI is InChI=1S/C19H20ClN5OS/c1-13-7-3-4-8-14(13)11-24(2)17(26)12-27-19-23-22-18(25(19)21)15-9-5-6-10-16(15)20/h3-10H,11-12,21H2,1-2H3. The molecule has 0 saturated heterocycles. The number of carbonyl (C=O) groups excluding carboxylic acids is 1. The molecule has 2 N–H and O–H groups in total. The topological polar surface area (TPSA) is 77.0 Å². The Labute approximate surface area is 167 Å². The van der Waals surface area contributed by atoms with Crippen LogP contribution in [-0.4, -0.2) is 38.5 Å². The van der Waals surface area contributed by atoms with Crippen molar-refractivity contribution < 1.29 is 4.79 Å². The van der Waals surface area contributed by atoms with E-state index in [9.17, 15) is 4.79 Å². The summed E-state index contributed by atoms with van der Waals surface area (Å²) in [5.41, 5.74) is 2.99. The van der Waals surface area contributed by atoms with Crippen LogP contribution in [0.5, 0.6) is 0 Å². The number of hydrogen-bond acceptors (Lipinski definition) is 5. The van der Waals surface area contributed by atoms with E-state index in [0.29, 0.717) is 28.1 Å². The third-order valence-electron chi connectivity index (χ3n) is 4.20. The molecular formula is C19H20ClN5OS. The highest BCUT2D eigenvalue weighted by molar-refractivity contribution is 7.99. The molecule has 1 heterocycles. The number of halogens is 1. The Balaban J connectivity index is 1.64. The van der Waals surface area contributed by atoms with Crippen LogP contribution in [0.15, 0.2) is 53.7 Å². The van der Waals surface area contributed by atoms with Gasteiger partial charge in [-0.1, -0.05) is 59.8 Å². The average molecular weight is 402 g/mol. The molecular weight excluding hydrogens is 382 g/mol. The van der Waals surface area contributed by atoms with Crippen LogP contribution >= 0.6 is 23.4 Å². The number of aryl methyl sites for hydroxylation is 1. The first-order chi connectivity index (χ1) is 13.0. The fourth-order valence-corrected chi connectivity index (χ4v) is 3.59. The van der Waals surface area contributed by atoms with E-state index in [1.807, 2.05) is 49.4 Å². The molecule has 0 radical (unpaired) electrons. The minimum atomic E-state index is -0.00875. The molecule has 0 unspecified atom stereocenters. The summed E-state index contributed by atoms with van der Waals surface area (Å²) >= 11 is 7.44. The lowest BCUT2D eigenvalue weighted by molar-refractivity contribution is -0.127. The number of aromatic nitrogens is 3. The van der Waals surface area contributed by atoms with Crippen LogP contribution in [0.2, 0.25) is 5.02 Å². The van der Waals surface area contributed by atoms with Gasteiger partial charge < -0.3 is 10.7 Å². The molecule has 0 atom stereocenters. The molecule has 27 heavy (non-hydrogen) atoms. The molecule has 3 rings (SSSR count). The lowest BCUT2D eigenvalue weighted by Crippen LogP contribution is -2.28. The highest BCUT2D eigenvalue weighted by atomic mass is 35.5. The molecule has 0 spiro atoms. The highest BCUT2D eigenvalue weighted by Gasteiger charge is 2.17. The fourth-order valence-electron chi connectivity index (χ4n) is 2.57. The number of rotatable bonds is 6. The van der Waals surface area contributed by atoms with Gasteiger partial charge in [0.05, 0.1) is 10.8 Å². The van der Waals surface area contributed by atoms with Gasteiger partial charge in [0.25, 0.3) is 0 Å². The first kappa shape index (κ1) is 19.3. The lowest BCUT2D eigenvalue weighted by Gasteiger charge is -2.18. The number of nitrogen functional groups attached to an aromatic ring is 1. The third kappa shape index (κ3) is 4.43. The van der Waals surface area contributed by atoms with Gasteiger partial charge in [0, 0.05) is 19.2 Å². The van der Waals surface area contributed by atoms with Gasteiger partial charge in [0.15, 0.2) is 5.82 Å². The van der Waals surface area contributed by atoms with Crippen molar-refractivity contribution >= 4 is 29.3 Å². The Morgan fingerprint density at radius 2 is 1.89 bits per heavy atom. The number of hydrogen-bond donors (Lipinski definition) is 1. The van der Waals surface area contributed by atoms with Crippen molar-refractivity contribution in [2.45, 2.75) is 18.6 Å². The zero-order valence-electron chi connectivity index (χ0n) is 15.1. The Morgan fingerprint density at radius 1 is 1.19 bits per heavy atom. The van der Waals surface area contributed by atoms with E-state index in [2.05, 4.69) is 10.2 Å². The predicted octanol–water partition coefficient (Wildman–Crippen LogP) is 3.37. The lowest BCUT2D eigenvalue weighted by atomic mass is 10.1. The molecule has 2 aromatic carbocycles. The molecule has 3 aromatic rings. The van der Waals surface area contributed by atoms with Crippen LogP contribution in [0, 0.1) is 6.92 Å². The summed E-state index contributed by atoms with van der Waals surface area (Å²) in [6.07, 6.45) is 0. The number of amides is 1. The van der Waals surface area contributed by atoms with Gasteiger partial charge in [-0.05, 0) is 30.2 Å². The van der Waals surface area contributed by atoms with Gasteiger partial charge in [-0.25, -0.2) is 4.68 Å². The summed E-state index contributed by atoms with van der Waals surface area (Å²) in [7, 11) is 1.79. The van der Waals surface area contributed by atoms with E-state index in [1.54, 1.807) is 18.0 Å². The summed E-state index contributed by atoms with van der Waals surface area (Å²) in [6.45, 7) is 2.60. The highest BCUT2D eigenvalue weighted by Crippen LogP contribution is 2.27. The Hall–Kier alpha value is -2.51. The van der Waals surface area contributed by atoms with Crippen LogP contribution < -0.4 is 5.84 Å². The van der Waals surface area contributed by atoms with Crippen molar-refractivity contribution in [2.75, 3.05) is 18.6 Å². The van der Waals surface area contributed by atoms with Crippen LogP contribution in [0.1, 0.15) is 11.1 Å². The zero-order chi connectivity index (χ0) is 19.4. The van der Waals surface area contributed by atoms with E-state index in [0.717, 1.165) is 11.1 Å². The summed E-state index contributed by atoms with van der Waals surface area (Å²) < 4.78 is 1.36. The van der Waals surface area contributed by atoms with Crippen molar-refractivity contribution in [1.82, 2.24) is 19.8 Å². The Morgan fingerprint density at radius 3 is 2.63 bits per heavy atom. The molecule has 1 amide bonds. The van der Waals surface area contributed by atoms with E-state index in [1.165, 1.54) is 16.4 Å². The molecule has 0 aliphatic heterocycles. The second kappa shape index (κ2) is 8.45. The SMILES string of the molecule is Cc1ccccc1CN(C)C(=O)CSc1nnc(-c2ccccc2Cl)n1N. The first-order valence-corrected chi connectivity index (χ1v) is 9.70. The first-order valence-electron chi connectivity index (χ1n) is 8.34. The Bertz CT molecular complexity index is 959. The minimum Gasteiger partial charge on any atom is -0.341 e. The monoisotopic (exact) mass is 401 g/mol. The molecule has 0 aliphatic carbocycles. The smallest absolute Gasteiger partial charge is 0.233 e.